The number of nitrogens with one attached hydrogen (secondary N) is 1. The van der Waals surface area contributed by atoms with Crippen LogP contribution >= 0.6 is 0 Å². The predicted molar refractivity (Wildman–Crippen MR) is 65.9 cm³/mol. The molecule has 0 aromatic rings. The smallest absolute Gasteiger partial charge is 0.240 e. The standard InChI is InChI=1S/C12H23N3O2/c1-9-8-14(2)4-5-15(9)12(16)11-6-10(17-3)7-13-11/h9-11,13H,4-8H2,1-3H3. The molecule has 17 heavy (non-hydrogen) atoms. The number of ether oxygens (including phenoxy) is 1. The van der Waals surface area contributed by atoms with Crippen LogP contribution in [0.3, 0.4) is 0 Å². The lowest BCUT2D eigenvalue weighted by Gasteiger charge is -2.39. The van der Waals surface area contributed by atoms with Gasteiger partial charge in [-0.2, -0.15) is 0 Å². The van der Waals surface area contributed by atoms with Gasteiger partial charge in [-0.15, -0.1) is 0 Å². The van der Waals surface area contributed by atoms with Crippen molar-refractivity contribution in [1.29, 1.82) is 0 Å². The SMILES string of the molecule is COC1CNC(C(=O)N2CCN(C)CC2C)C1. The number of piperazine rings is 1. The number of likely N-dealkylation sites (N-methyl/N-ethyl adjacent to an activating group) is 1. The molecule has 5 heteroatoms. The molecule has 3 unspecified atom stereocenters. The maximum absolute atomic E-state index is 12.4. The summed E-state index contributed by atoms with van der Waals surface area (Å²) in [5.74, 6) is 0.241. The second-order valence-electron chi connectivity index (χ2n) is 5.20. The molecule has 2 heterocycles. The normalized spacial score (nSPS) is 35.2. The molecule has 5 nitrogen and oxygen atoms in total. The average molecular weight is 241 g/mol. The molecule has 0 spiro atoms. The maximum Gasteiger partial charge on any atom is 0.240 e. The van der Waals surface area contributed by atoms with E-state index in [9.17, 15) is 4.79 Å². The van der Waals surface area contributed by atoms with Gasteiger partial charge in [0, 0.05) is 39.3 Å². The summed E-state index contributed by atoms with van der Waals surface area (Å²) in [6, 6.07) is 0.260. The second kappa shape index (κ2) is 5.33. The summed E-state index contributed by atoms with van der Waals surface area (Å²) in [7, 11) is 3.81. The van der Waals surface area contributed by atoms with Gasteiger partial charge in [0.2, 0.25) is 5.91 Å². The van der Waals surface area contributed by atoms with Crippen molar-refractivity contribution < 1.29 is 9.53 Å². The number of carbonyl (C=O) groups is 1. The minimum atomic E-state index is -0.0502. The van der Waals surface area contributed by atoms with Crippen LogP contribution in [0.25, 0.3) is 0 Å². The fourth-order valence-corrected chi connectivity index (χ4v) is 2.74. The molecule has 2 aliphatic heterocycles. The molecule has 2 aliphatic rings. The molecule has 1 N–H and O–H groups in total. The van der Waals surface area contributed by atoms with E-state index in [0.717, 1.165) is 32.6 Å². The number of rotatable bonds is 2. The summed E-state index contributed by atoms with van der Waals surface area (Å²) in [5.41, 5.74) is 0. The Morgan fingerprint density at radius 1 is 1.41 bits per heavy atom. The van der Waals surface area contributed by atoms with Crippen LogP contribution in [-0.4, -0.2) is 74.2 Å². The Hall–Kier alpha value is -0.650. The van der Waals surface area contributed by atoms with Crippen molar-refractivity contribution in [3.05, 3.63) is 0 Å². The van der Waals surface area contributed by atoms with E-state index in [-0.39, 0.29) is 18.1 Å². The number of carbonyl (C=O) groups excluding carboxylic acids is 1. The van der Waals surface area contributed by atoms with E-state index in [2.05, 4.69) is 24.2 Å². The molecule has 0 saturated carbocycles. The Balaban J connectivity index is 1.91. The lowest BCUT2D eigenvalue weighted by Crippen LogP contribution is -2.56. The minimum absolute atomic E-state index is 0.0502. The van der Waals surface area contributed by atoms with E-state index in [4.69, 9.17) is 4.74 Å². The highest BCUT2D eigenvalue weighted by atomic mass is 16.5. The third kappa shape index (κ3) is 2.78. The summed E-state index contributed by atoms with van der Waals surface area (Å²) < 4.78 is 5.28. The fourth-order valence-electron chi connectivity index (χ4n) is 2.74. The highest BCUT2D eigenvalue weighted by molar-refractivity contribution is 5.82. The second-order valence-corrected chi connectivity index (χ2v) is 5.20. The minimum Gasteiger partial charge on any atom is -0.380 e. The monoisotopic (exact) mass is 241 g/mol. The molecule has 98 valence electrons. The van der Waals surface area contributed by atoms with Gasteiger partial charge in [0.25, 0.3) is 0 Å². The first-order valence-corrected chi connectivity index (χ1v) is 6.37. The van der Waals surface area contributed by atoms with Crippen molar-refractivity contribution in [3.8, 4) is 0 Å². The fraction of sp³-hybridized carbons (Fsp3) is 0.917. The van der Waals surface area contributed by atoms with Crippen LogP contribution in [0.5, 0.6) is 0 Å². The average Bonchev–Trinajstić information content (AvgIpc) is 2.76. The number of amides is 1. The van der Waals surface area contributed by atoms with E-state index in [1.165, 1.54) is 0 Å². The molecule has 2 rings (SSSR count). The Morgan fingerprint density at radius 2 is 2.18 bits per heavy atom. The van der Waals surface area contributed by atoms with Crippen molar-refractivity contribution in [3.63, 3.8) is 0 Å². The molecule has 0 radical (unpaired) electrons. The molecule has 0 aromatic carbocycles. The summed E-state index contributed by atoms with van der Waals surface area (Å²) in [5, 5.41) is 3.26. The molecular formula is C12H23N3O2. The quantitative estimate of drug-likeness (QED) is 0.710. The van der Waals surface area contributed by atoms with Crippen LogP contribution in [0, 0.1) is 0 Å². The Bertz CT molecular complexity index is 285. The van der Waals surface area contributed by atoms with Crippen LogP contribution < -0.4 is 5.32 Å². The molecular weight excluding hydrogens is 218 g/mol. The van der Waals surface area contributed by atoms with E-state index in [0.29, 0.717) is 6.04 Å². The molecule has 0 bridgehead atoms. The molecule has 2 fully saturated rings. The number of nitrogens with zero attached hydrogens (tertiary/aromatic N) is 2. The van der Waals surface area contributed by atoms with E-state index in [1.54, 1.807) is 7.11 Å². The zero-order valence-electron chi connectivity index (χ0n) is 11.0. The largest absolute Gasteiger partial charge is 0.380 e. The first kappa shape index (κ1) is 12.8. The first-order valence-electron chi connectivity index (χ1n) is 6.37. The van der Waals surface area contributed by atoms with Gasteiger partial charge in [-0.25, -0.2) is 0 Å². The molecule has 2 saturated heterocycles. The van der Waals surface area contributed by atoms with Gasteiger partial charge >= 0.3 is 0 Å². The lowest BCUT2D eigenvalue weighted by atomic mass is 10.1. The van der Waals surface area contributed by atoms with Crippen LogP contribution in [0.4, 0.5) is 0 Å². The van der Waals surface area contributed by atoms with Gasteiger partial charge in [0.15, 0.2) is 0 Å². The highest BCUT2D eigenvalue weighted by Crippen LogP contribution is 2.16. The summed E-state index contributed by atoms with van der Waals surface area (Å²) in [6.07, 6.45) is 0.987. The van der Waals surface area contributed by atoms with Crippen LogP contribution in [0.1, 0.15) is 13.3 Å². The molecule has 0 aromatic heterocycles. The molecule has 0 aliphatic carbocycles. The number of hydrogen-bond acceptors (Lipinski definition) is 4. The number of methoxy groups -OCH3 is 1. The van der Waals surface area contributed by atoms with Crippen LogP contribution in [-0.2, 0) is 9.53 Å². The van der Waals surface area contributed by atoms with Crippen molar-refractivity contribution in [1.82, 2.24) is 15.1 Å². The van der Waals surface area contributed by atoms with Crippen molar-refractivity contribution >= 4 is 5.91 Å². The van der Waals surface area contributed by atoms with Gasteiger partial charge in [0.1, 0.15) is 0 Å². The molecule has 3 atom stereocenters. The van der Waals surface area contributed by atoms with E-state index in [1.807, 2.05) is 4.90 Å². The van der Waals surface area contributed by atoms with E-state index < -0.39 is 0 Å². The van der Waals surface area contributed by atoms with Gasteiger partial charge < -0.3 is 19.9 Å². The molecule has 1 amide bonds. The van der Waals surface area contributed by atoms with Gasteiger partial charge in [-0.1, -0.05) is 0 Å². The van der Waals surface area contributed by atoms with Crippen LogP contribution in [0.2, 0.25) is 0 Å². The van der Waals surface area contributed by atoms with Crippen LogP contribution in [0.15, 0.2) is 0 Å². The van der Waals surface area contributed by atoms with Gasteiger partial charge in [0.05, 0.1) is 12.1 Å². The summed E-state index contributed by atoms with van der Waals surface area (Å²) in [6.45, 7) is 5.68. The summed E-state index contributed by atoms with van der Waals surface area (Å²) in [4.78, 5) is 16.7. The first-order chi connectivity index (χ1) is 8.11. The Labute approximate surface area is 103 Å². The Morgan fingerprint density at radius 3 is 2.76 bits per heavy atom. The topological polar surface area (TPSA) is 44.8 Å². The zero-order valence-corrected chi connectivity index (χ0v) is 11.0. The van der Waals surface area contributed by atoms with E-state index >= 15 is 0 Å². The maximum atomic E-state index is 12.4. The van der Waals surface area contributed by atoms with Crippen molar-refractivity contribution in [2.45, 2.75) is 31.5 Å². The third-order valence-corrected chi connectivity index (χ3v) is 3.84. The van der Waals surface area contributed by atoms with Gasteiger partial charge in [-0.05, 0) is 20.4 Å². The van der Waals surface area contributed by atoms with Crippen molar-refractivity contribution in [2.24, 2.45) is 0 Å². The number of hydrogen-bond donors (Lipinski definition) is 1. The third-order valence-electron chi connectivity index (χ3n) is 3.84. The van der Waals surface area contributed by atoms with Crippen molar-refractivity contribution in [2.75, 3.05) is 40.3 Å². The van der Waals surface area contributed by atoms with Gasteiger partial charge in [-0.3, -0.25) is 4.79 Å². The summed E-state index contributed by atoms with van der Waals surface area (Å²) >= 11 is 0. The zero-order chi connectivity index (χ0) is 12.4. The predicted octanol–water partition coefficient (Wildman–Crippen LogP) is -0.474. The lowest BCUT2D eigenvalue weighted by molar-refractivity contribution is -0.137. The highest BCUT2D eigenvalue weighted by Gasteiger charge is 2.35. The Kier molecular flexibility index (Phi) is 4.01.